The van der Waals surface area contributed by atoms with Gasteiger partial charge in [-0.3, -0.25) is 0 Å². The molecule has 0 aliphatic carbocycles. The Hall–Kier alpha value is -0.170. The van der Waals surface area contributed by atoms with Crippen LogP contribution in [0.1, 0.15) is 19.3 Å². The van der Waals surface area contributed by atoms with Gasteiger partial charge in [-0.05, 0) is 45.3 Å². The standard InChI is InChI=1S/C10H22N2O3S/c1-12-6-3-10(4-7-12)2-5-11-16(14,15)9-8-13/h10-11,13H,2-9H2,1H3. The maximum Gasteiger partial charge on any atom is 0.213 e. The van der Waals surface area contributed by atoms with Gasteiger partial charge in [-0.25, -0.2) is 13.1 Å². The molecule has 0 amide bonds. The van der Waals surface area contributed by atoms with Crippen molar-refractivity contribution in [1.29, 1.82) is 0 Å². The largest absolute Gasteiger partial charge is 0.395 e. The van der Waals surface area contributed by atoms with Crippen molar-refractivity contribution in [2.45, 2.75) is 19.3 Å². The molecule has 0 aromatic heterocycles. The van der Waals surface area contributed by atoms with E-state index in [0.29, 0.717) is 12.5 Å². The fraction of sp³-hybridized carbons (Fsp3) is 1.00. The van der Waals surface area contributed by atoms with Gasteiger partial charge in [0.2, 0.25) is 10.0 Å². The minimum atomic E-state index is -3.25. The van der Waals surface area contributed by atoms with Crippen molar-refractivity contribution in [2.75, 3.05) is 39.0 Å². The summed E-state index contributed by atoms with van der Waals surface area (Å²) in [6.45, 7) is 2.39. The van der Waals surface area contributed by atoms with E-state index in [0.717, 1.165) is 32.4 Å². The van der Waals surface area contributed by atoms with Crippen LogP contribution in [0.25, 0.3) is 0 Å². The normalized spacial score (nSPS) is 20.1. The molecule has 1 rings (SSSR count). The van der Waals surface area contributed by atoms with E-state index >= 15 is 0 Å². The van der Waals surface area contributed by atoms with Crippen LogP contribution in [0.4, 0.5) is 0 Å². The van der Waals surface area contributed by atoms with E-state index in [9.17, 15) is 8.42 Å². The summed E-state index contributed by atoms with van der Waals surface area (Å²) in [6, 6.07) is 0. The van der Waals surface area contributed by atoms with Crippen molar-refractivity contribution in [3.63, 3.8) is 0 Å². The minimum absolute atomic E-state index is 0.194. The fourth-order valence-corrected chi connectivity index (χ4v) is 2.78. The van der Waals surface area contributed by atoms with Crippen molar-refractivity contribution in [2.24, 2.45) is 5.92 Å². The van der Waals surface area contributed by atoms with Gasteiger partial charge in [0.1, 0.15) is 0 Å². The van der Waals surface area contributed by atoms with Crippen molar-refractivity contribution in [3.8, 4) is 0 Å². The van der Waals surface area contributed by atoms with Gasteiger partial charge in [0.25, 0.3) is 0 Å². The molecule has 96 valence electrons. The molecule has 0 radical (unpaired) electrons. The predicted octanol–water partition coefficient (Wildman–Crippen LogP) is -0.370. The summed E-state index contributed by atoms with van der Waals surface area (Å²) in [7, 11) is -1.14. The van der Waals surface area contributed by atoms with Crippen molar-refractivity contribution < 1.29 is 13.5 Å². The first-order valence-electron chi connectivity index (χ1n) is 5.80. The van der Waals surface area contributed by atoms with Crippen molar-refractivity contribution >= 4 is 10.0 Å². The fourth-order valence-electron chi connectivity index (χ4n) is 1.96. The molecule has 0 atom stereocenters. The Labute approximate surface area is 97.9 Å². The summed E-state index contributed by atoms with van der Waals surface area (Å²) >= 11 is 0. The highest BCUT2D eigenvalue weighted by Gasteiger charge is 2.17. The van der Waals surface area contributed by atoms with E-state index < -0.39 is 10.0 Å². The van der Waals surface area contributed by atoms with E-state index in [1.807, 2.05) is 0 Å². The quantitative estimate of drug-likeness (QED) is 0.675. The highest BCUT2D eigenvalue weighted by Crippen LogP contribution is 2.18. The number of sulfonamides is 1. The summed E-state index contributed by atoms with van der Waals surface area (Å²) in [6.07, 6.45) is 3.20. The van der Waals surface area contributed by atoms with Gasteiger partial charge in [-0.2, -0.15) is 0 Å². The molecule has 16 heavy (non-hydrogen) atoms. The van der Waals surface area contributed by atoms with Crippen LogP contribution in [0.5, 0.6) is 0 Å². The molecular weight excluding hydrogens is 228 g/mol. The van der Waals surface area contributed by atoms with Gasteiger partial charge in [-0.1, -0.05) is 0 Å². The molecule has 5 nitrogen and oxygen atoms in total. The lowest BCUT2D eigenvalue weighted by Crippen LogP contribution is -2.33. The molecule has 1 aliphatic heterocycles. The van der Waals surface area contributed by atoms with Crippen molar-refractivity contribution in [1.82, 2.24) is 9.62 Å². The van der Waals surface area contributed by atoms with Crippen LogP contribution in [-0.2, 0) is 10.0 Å². The predicted molar refractivity (Wildman–Crippen MR) is 63.7 cm³/mol. The smallest absolute Gasteiger partial charge is 0.213 e. The summed E-state index contributed by atoms with van der Waals surface area (Å²) in [5, 5.41) is 8.55. The topological polar surface area (TPSA) is 69.6 Å². The lowest BCUT2D eigenvalue weighted by Gasteiger charge is -2.28. The van der Waals surface area contributed by atoms with E-state index in [2.05, 4.69) is 16.7 Å². The van der Waals surface area contributed by atoms with E-state index in [4.69, 9.17) is 5.11 Å². The number of hydrogen-bond acceptors (Lipinski definition) is 4. The Morgan fingerprint density at radius 3 is 2.56 bits per heavy atom. The van der Waals surface area contributed by atoms with Crippen LogP contribution >= 0.6 is 0 Å². The highest BCUT2D eigenvalue weighted by atomic mass is 32.2. The lowest BCUT2D eigenvalue weighted by molar-refractivity contribution is 0.213. The third-order valence-electron chi connectivity index (χ3n) is 3.07. The Morgan fingerprint density at radius 1 is 1.38 bits per heavy atom. The lowest BCUT2D eigenvalue weighted by atomic mass is 9.94. The number of likely N-dealkylation sites (tertiary alicyclic amines) is 1. The summed E-state index contributed by atoms with van der Waals surface area (Å²) in [5.41, 5.74) is 0. The minimum Gasteiger partial charge on any atom is -0.395 e. The van der Waals surface area contributed by atoms with Crippen LogP contribution in [0.2, 0.25) is 0 Å². The first-order chi connectivity index (χ1) is 7.53. The Balaban J connectivity index is 2.16. The highest BCUT2D eigenvalue weighted by molar-refractivity contribution is 7.89. The zero-order chi connectivity index (χ0) is 12.0. The second-order valence-corrected chi connectivity index (χ2v) is 6.40. The number of rotatable bonds is 6. The molecule has 2 N–H and O–H groups in total. The first-order valence-corrected chi connectivity index (χ1v) is 7.45. The number of nitrogens with zero attached hydrogens (tertiary/aromatic N) is 1. The molecule has 0 unspecified atom stereocenters. The molecule has 0 spiro atoms. The molecule has 0 aromatic carbocycles. The van der Waals surface area contributed by atoms with Crippen LogP contribution in [0.15, 0.2) is 0 Å². The molecule has 0 saturated carbocycles. The third-order valence-corrected chi connectivity index (χ3v) is 4.44. The Kier molecular flexibility index (Phi) is 5.68. The second kappa shape index (κ2) is 6.54. The van der Waals surface area contributed by atoms with Gasteiger partial charge >= 0.3 is 0 Å². The number of nitrogens with one attached hydrogen (secondary N) is 1. The van der Waals surface area contributed by atoms with Gasteiger partial charge in [0.05, 0.1) is 12.4 Å². The zero-order valence-electron chi connectivity index (χ0n) is 9.85. The average molecular weight is 250 g/mol. The maximum atomic E-state index is 11.2. The SMILES string of the molecule is CN1CCC(CCNS(=O)(=O)CCO)CC1. The van der Waals surface area contributed by atoms with E-state index in [1.165, 1.54) is 0 Å². The first kappa shape index (κ1) is 13.9. The molecular formula is C10H22N2O3S. The number of hydrogen-bond donors (Lipinski definition) is 2. The molecule has 1 aliphatic rings. The Bertz CT molecular complexity index is 284. The number of aliphatic hydroxyl groups excluding tert-OH is 1. The van der Waals surface area contributed by atoms with E-state index in [1.54, 1.807) is 0 Å². The Morgan fingerprint density at radius 2 is 2.00 bits per heavy atom. The maximum absolute atomic E-state index is 11.2. The molecule has 1 fully saturated rings. The third kappa shape index (κ3) is 5.25. The van der Waals surface area contributed by atoms with Gasteiger partial charge in [0.15, 0.2) is 0 Å². The molecule has 6 heteroatoms. The number of aliphatic hydroxyl groups is 1. The van der Waals surface area contributed by atoms with Crippen LogP contribution in [-0.4, -0.2) is 57.5 Å². The van der Waals surface area contributed by atoms with Gasteiger partial charge in [-0.15, -0.1) is 0 Å². The average Bonchev–Trinajstić information content (AvgIpc) is 2.20. The number of piperidine rings is 1. The second-order valence-electron chi connectivity index (χ2n) is 4.47. The van der Waals surface area contributed by atoms with Gasteiger partial charge < -0.3 is 10.0 Å². The van der Waals surface area contributed by atoms with Crippen LogP contribution in [0, 0.1) is 5.92 Å². The van der Waals surface area contributed by atoms with Crippen LogP contribution in [0.3, 0.4) is 0 Å². The zero-order valence-corrected chi connectivity index (χ0v) is 10.7. The summed E-state index contributed by atoms with van der Waals surface area (Å²) < 4.78 is 25.0. The molecule has 0 aromatic rings. The van der Waals surface area contributed by atoms with Crippen molar-refractivity contribution in [3.05, 3.63) is 0 Å². The monoisotopic (exact) mass is 250 g/mol. The molecule has 1 heterocycles. The van der Waals surface area contributed by atoms with Gasteiger partial charge in [0, 0.05) is 6.54 Å². The summed E-state index contributed by atoms with van der Waals surface area (Å²) in [4.78, 5) is 2.30. The molecule has 0 bridgehead atoms. The van der Waals surface area contributed by atoms with E-state index in [-0.39, 0.29) is 12.4 Å². The summed E-state index contributed by atoms with van der Waals surface area (Å²) in [5.74, 6) is 0.438. The molecule has 1 saturated heterocycles. The van der Waals surface area contributed by atoms with Crippen LogP contribution < -0.4 is 4.72 Å².